The Balaban J connectivity index is 2.58. The zero-order valence-corrected chi connectivity index (χ0v) is 11.0. The molecule has 1 aromatic carbocycles. The number of rotatable bonds is 6. The van der Waals surface area contributed by atoms with Crippen molar-refractivity contribution in [3.63, 3.8) is 0 Å². The van der Waals surface area contributed by atoms with Crippen molar-refractivity contribution < 1.29 is 21.4 Å². The summed E-state index contributed by atoms with van der Waals surface area (Å²) in [6.45, 7) is -0.0769. The summed E-state index contributed by atoms with van der Waals surface area (Å²) in [5, 5.41) is 0. The number of benzene rings is 1. The van der Waals surface area contributed by atoms with Gasteiger partial charge in [-0.3, -0.25) is 4.55 Å². The van der Waals surface area contributed by atoms with Gasteiger partial charge in [0.05, 0.1) is 10.6 Å². The lowest BCUT2D eigenvalue weighted by molar-refractivity contribution is 0.480. The van der Waals surface area contributed by atoms with Crippen LogP contribution in [0.1, 0.15) is 6.42 Å². The number of hydrogen-bond donors (Lipinski definition) is 3. The monoisotopic (exact) mass is 294 g/mol. The Morgan fingerprint density at radius 3 is 2.17 bits per heavy atom. The molecule has 0 aliphatic carbocycles. The molecule has 0 fully saturated rings. The van der Waals surface area contributed by atoms with Crippen LogP contribution in [0.5, 0.6) is 0 Å². The molecule has 1 aromatic rings. The Labute approximate surface area is 106 Å². The maximum Gasteiger partial charge on any atom is 0.264 e. The molecule has 1 rings (SSSR count). The molecule has 9 heteroatoms. The third-order valence-electron chi connectivity index (χ3n) is 2.06. The molecule has 0 amide bonds. The van der Waals surface area contributed by atoms with Crippen LogP contribution >= 0.6 is 0 Å². The Kier molecular flexibility index (Phi) is 4.68. The highest BCUT2D eigenvalue weighted by Gasteiger charge is 2.13. The van der Waals surface area contributed by atoms with Crippen molar-refractivity contribution in [2.45, 2.75) is 11.3 Å². The zero-order chi connectivity index (χ0) is 13.8. The second-order valence-electron chi connectivity index (χ2n) is 3.61. The van der Waals surface area contributed by atoms with Gasteiger partial charge in [0.1, 0.15) is 0 Å². The van der Waals surface area contributed by atoms with E-state index in [9.17, 15) is 16.8 Å². The van der Waals surface area contributed by atoms with E-state index in [0.717, 1.165) is 0 Å². The van der Waals surface area contributed by atoms with E-state index in [1.807, 2.05) is 0 Å². The molecule has 0 heterocycles. The second kappa shape index (κ2) is 5.65. The maximum atomic E-state index is 11.7. The van der Waals surface area contributed by atoms with Gasteiger partial charge in [-0.15, -0.1) is 0 Å². The van der Waals surface area contributed by atoms with Gasteiger partial charge in [0.15, 0.2) is 0 Å². The minimum atomic E-state index is -4.06. The predicted octanol–water partition coefficient (Wildman–Crippen LogP) is -0.175. The number of sulfonamides is 1. The quantitative estimate of drug-likeness (QED) is 0.379. The Bertz CT molecular complexity index is 592. The van der Waals surface area contributed by atoms with E-state index in [1.165, 1.54) is 24.3 Å². The number of nitrogens with two attached hydrogens (primary N) is 1. The van der Waals surface area contributed by atoms with Gasteiger partial charge in [-0.05, 0) is 30.7 Å². The van der Waals surface area contributed by atoms with Crippen LogP contribution in [0.4, 0.5) is 5.69 Å². The lowest BCUT2D eigenvalue weighted by Gasteiger charge is -2.06. The van der Waals surface area contributed by atoms with Gasteiger partial charge < -0.3 is 5.73 Å². The largest absolute Gasteiger partial charge is 0.399 e. The van der Waals surface area contributed by atoms with Crippen LogP contribution in [0.2, 0.25) is 0 Å². The molecule has 7 nitrogen and oxygen atoms in total. The molecule has 0 atom stereocenters. The SMILES string of the molecule is Nc1ccc(S(=O)(=O)NCCCS(=O)(=O)O)cc1. The minimum absolute atomic E-state index is 0.00691. The lowest BCUT2D eigenvalue weighted by Crippen LogP contribution is -2.26. The highest BCUT2D eigenvalue weighted by Crippen LogP contribution is 2.11. The molecule has 0 unspecified atom stereocenters. The van der Waals surface area contributed by atoms with Gasteiger partial charge in [0.2, 0.25) is 10.0 Å². The molecule has 0 saturated heterocycles. The van der Waals surface area contributed by atoms with E-state index in [1.54, 1.807) is 0 Å². The van der Waals surface area contributed by atoms with Crippen molar-refractivity contribution in [3.8, 4) is 0 Å². The van der Waals surface area contributed by atoms with Gasteiger partial charge in [0.25, 0.3) is 10.1 Å². The first kappa shape index (κ1) is 14.9. The van der Waals surface area contributed by atoms with Crippen LogP contribution in [-0.2, 0) is 20.1 Å². The van der Waals surface area contributed by atoms with Gasteiger partial charge in [-0.25, -0.2) is 13.1 Å². The summed E-state index contributed by atoms with van der Waals surface area (Å²) in [5.41, 5.74) is 5.87. The fourth-order valence-electron chi connectivity index (χ4n) is 1.19. The first-order chi connectivity index (χ1) is 8.21. The summed E-state index contributed by atoms with van der Waals surface area (Å²) < 4.78 is 55.0. The molecule has 102 valence electrons. The van der Waals surface area contributed by atoms with Crippen molar-refractivity contribution in [1.82, 2.24) is 4.72 Å². The van der Waals surface area contributed by atoms with Gasteiger partial charge >= 0.3 is 0 Å². The molecule has 0 spiro atoms. The van der Waals surface area contributed by atoms with Gasteiger partial charge in [0, 0.05) is 12.2 Å². The molecule has 4 N–H and O–H groups in total. The van der Waals surface area contributed by atoms with E-state index in [0.29, 0.717) is 5.69 Å². The summed E-state index contributed by atoms with van der Waals surface area (Å²) in [7, 11) is -7.74. The second-order valence-corrected chi connectivity index (χ2v) is 6.95. The minimum Gasteiger partial charge on any atom is -0.399 e. The average molecular weight is 294 g/mol. The summed E-state index contributed by atoms with van der Waals surface area (Å²) in [6.07, 6.45) is -0.00691. The van der Waals surface area contributed by atoms with Crippen molar-refractivity contribution in [2.24, 2.45) is 0 Å². The molecule has 0 saturated carbocycles. The van der Waals surface area contributed by atoms with Crippen LogP contribution in [0.15, 0.2) is 29.2 Å². The highest BCUT2D eigenvalue weighted by atomic mass is 32.2. The Hall–Kier alpha value is -1.16. The Morgan fingerprint density at radius 1 is 1.11 bits per heavy atom. The highest BCUT2D eigenvalue weighted by molar-refractivity contribution is 7.89. The van der Waals surface area contributed by atoms with Crippen LogP contribution in [0, 0.1) is 0 Å². The van der Waals surface area contributed by atoms with E-state index < -0.39 is 25.9 Å². The molecule has 0 aliphatic rings. The number of hydrogen-bond acceptors (Lipinski definition) is 5. The van der Waals surface area contributed by atoms with Crippen molar-refractivity contribution in [3.05, 3.63) is 24.3 Å². The van der Waals surface area contributed by atoms with Crippen molar-refractivity contribution >= 4 is 25.8 Å². The summed E-state index contributed by atoms with van der Waals surface area (Å²) in [6, 6.07) is 5.60. The van der Waals surface area contributed by atoms with E-state index in [-0.39, 0.29) is 17.9 Å². The van der Waals surface area contributed by atoms with Gasteiger partial charge in [-0.1, -0.05) is 0 Å². The maximum absolute atomic E-state index is 11.7. The summed E-state index contributed by atoms with van der Waals surface area (Å²) in [5.74, 6) is -0.489. The molecule has 0 radical (unpaired) electrons. The van der Waals surface area contributed by atoms with Crippen LogP contribution < -0.4 is 10.5 Å². The van der Waals surface area contributed by atoms with Crippen molar-refractivity contribution in [1.29, 1.82) is 0 Å². The van der Waals surface area contributed by atoms with Crippen molar-refractivity contribution in [2.75, 3.05) is 18.0 Å². The predicted molar refractivity (Wildman–Crippen MR) is 67.1 cm³/mol. The topological polar surface area (TPSA) is 127 Å². The fourth-order valence-corrected chi connectivity index (χ4v) is 2.77. The molecular weight excluding hydrogens is 280 g/mol. The third-order valence-corrected chi connectivity index (χ3v) is 4.34. The Morgan fingerprint density at radius 2 is 1.67 bits per heavy atom. The van der Waals surface area contributed by atoms with E-state index in [4.69, 9.17) is 10.3 Å². The number of nitrogens with one attached hydrogen (secondary N) is 1. The number of nitrogen functional groups attached to an aromatic ring is 1. The van der Waals surface area contributed by atoms with E-state index in [2.05, 4.69) is 4.72 Å². The zero-order valence-electron chi connectivity index (χ0n) is 9.40. The smallest absolute Gasteiger partial charge is 0.264 e. The number of anilines is 1. The standard InChI is InChI=1S/C9H14N2O5S2/c10-8-2-4-9(5-3-8)18(15,16)11-6-1-7-17(12,13)14/h2-5,11H,1,6-7,10H2,(H,12,13,14). The normalized spacial score (nSPS) is 12.5. The lowest BCUT2D eigenvalue weighted by atomic mass is 10.3. The molecular formula is C9H14N2O5S2. The fraction of sp³-hybridized carbons (Fsp3) is 0.333. The first-order valence-electron chi connectivity index (χ1n) is 5.01. The summed E-state index contributed by atoms with van der Waals surface area (Å²) >= 11 is 0. The molecule has 0 bridgehead atoms. The van der Waals surface area contributed by atoms with Crippen LogP contribution in [0.3, 0.4) is 0 Å². The van der Waals surface area contributed by atoms with Crippen LogP contribution in [-0.4, -0.2) is 33.7 Å². The van der Waals surface area contributed by atoms with Gasteiger partial charge in [-0.2, -0.15) is 8.42 Å². The first-order valence-corrected chi connectivity index (χ1v) is 8.10. The average Bonchev–Trinajstić information content (AvgIpc) is 2.24. The summed E-state index contributed by atoms with van der Waals surface area (Å²) in [4.78, 5) is 0.0450. The van der Waals surface area contributed by atoms with E-state index >= 15 is 0 Å². The third kappa shape index (κ3) is 5.00. The molecule has 18 heavy (non-hydrogen) atoms. The molecule has 0 aromatic heterocycles. The molecule has 0 aliphatic heterocycles. The van der Waals surface area contributed by atoms with Crippen LogP contribution in [0.25, 0.3) is 0 Å².